The Bertz CT molecular complexity index is 1570. The van der Waals surface area contributed by atoms with E-state index in [2.05, 4.69) is 15.3 Å². The van der Waals surface area contributed by atoms with Crippen LogP contribution in [0.1, 0.15) is 58.7 Å². The van der Waals surface area contributed by atoms with Crippen LogP contribution in [0.2, 0.25) is 0 Å². The largest absolute Gasteiger partial charge is 0.437 e. The smallest absolute Gasteiger partial charge is 0.274 e. The number of aliphatic hydroxyl groups is 1. The maximum atomic E-state index is 13.0. The Labute approximate surface area is 213 Å². The van der Waals surface area contributed by atoms with E-state index in [-0.39, 0.29) is 17.5 Å². The molecule has 4 heterocycles. The summed E-state index contributed by atoms with van der Waals surface area (Å²) in [5, 5.41) is 14.5. The van der Waals surface area contributed by atoms with Crippen molar-refractivity contribution in [2.75, 3.05) is 0 Å². The first-order chi connectivity index (χ1) is 16.9. The fourth-order valence-electron chi connectivity index (χ4n) is 4.42. The molecule has 1 saturated carbocycles. The van der Waals surface area contributed by atoms with Gasteiger partial charge in [0.05, 0.1) is 10.5 Å². The Hall–Kier alpha value is -3.43. The summed E-state index contributed by atoms with van der Waals surface area (Å²) in [5.41, 5.74) is 2.82. The fraction of sp³-hybridized carbons (Fsp3) is 0.370. The third-order valence-corrected chi connectivity index (χ3v) is 8.00. The number of hydrogen-bond acceptors (Lipinski definition) is 6. The van der Waals surface area contributed by atoms with Gasteiger partial charge in [-0.05, 0) is 65.2 Å². The number of rotatable bonds is 6. The van der Waals surface area contributed by atoms with Crippen LogP contribution in [0.3, 0.4) is 0 Å². The maximum absolute atomic E-state index is 13.0. The van der Waals surface area contributed by atoms with Crippen LogP contribution in [0.25, 0.3) is 21.3 Å². The fourth-order valence-corrected chi connectivity index (χ4v) is 5.68. The number of nitrogens with one attached hydrogen (secondary N) is 2. The molecule has 1 fully saturated rings. The summed E-state index contributed by atoms with van der Waals surface area (Å²) >= 11 is 1.41. The molecule has 0 aromatic carbocycles. The summed E-state index contributed by atoms with van der Waals surface area (Å²) < 4.78 is 7.90. The minimum Gasteiger partial charge on any atom is -0.437 e. The second-order valence-electron chi connectivity index (χ2n) is 10.2. The summed E-state index contributed by atoms with van der Waals surface area (Å²) in [6.07, 6.45) is 5.45. The number of ether oxygens (including phenoxy) is 1. The molecule has 4 aromatic rings. The lowest BCUT2D eigenvalue weighted by Crippen LogP contribution is -2.25. The van der Waals surface area contributed by atoms with E-state index in [0.29, 0.717) is 28.2 Å². The van der Waals surface area contributed by atoms with Crippen molar-refractivity contribution in [1.29, 1.82) is 0 Å². The van der Waals surface area contributed by atoms with Gasteiger partial charge in [-0.2, -0.15) is 0 Å². The van der Waals surface area contributed by atoms with Crippen molar-refractivity contribution >= 4 is 28.1 Å². The zero-order valence-electron chi connectivity index (χ0n) is 21.3. The van der Waals surface area contributed by atoms with Gasteiger partial charge < -0.3 is 24.7 Å². The molecule has 0 unspecified atom stereocenters. The molecule has 0 saturated heterocycles. The van der Waals surface area contributed by atoms with E-state index in [0.717, 1.165) is 44.8 Å². The molecule has 4 aromatic heterocycles. The lowest BCUT2D eigenvalue weighted by atomic mass is 10.0. The second-order valence-corrected chi connectivity index (χ2v) is 11.2. The number of fused-ring (bicyclic) bond motifs is 1. The first-order valence-corrected chi connectivity index (χ1v) is 12.8. The van der Waals surface area contributed by atoms with Gasteiger partial charge in [0, 0.05) is 52.4 Å². The van der Waals surface area contributed by atoms with Crippen LogP contribution >= 0.6 is 11.3 Å². The van der Waals surface area contributed by atoms with Gasteiger partial charge in [-0.15, -0.1) is 11.3 Å². The molecule has 8 nitrogen and oxygen atoms in total. The normalized spacial score (nSPS) is 13.9. The van der Waals surface area contributed by atoms with Crippen LogP contribution in [0, 0.1) is 20.8 Å². The van der Waals surface area contributed by atoms with Crippen molar-refractivity contribution in [3.8, 4) is 22.1 Å². The number of aromatic nitrogens is 3. The van der Waals surface area contributed by atoms with Crippen molar-refractivity contribution in [3.05, 3.63) is 62.1 Å². The van der Waals surface area contributed by atoms with Gasteiger partial charge in [0.15, 0.2) is 5.75 Å². The molecule has 0 aliphatic heterocycles. The van der Waals surface area contributed by atoms with Gasteiger partial charge in [0.2, 0.25) is 5.88 Å². The lowest BCUT2D eigenvalue weighted by Gasteiger charge is -2.16. The number of carbonyl (C=O) groups excluding carboxylic acids is 1. The van der Waals surface area contributed by atoms with Crippen LogP contribution in [0.5, 0.6) is 11.6 Å². The lowest BCUT2D eigenvalue weighted by molar-refractivity contribution is 0.0817. The van der Waals surface area contributed by atoms with Crippen molar-refractivity contribution < 1.29 is 14.6 Å². The highest BCUT2D eigenvalue weighted by atomic mass is 32.1. The third kappa shape index (κ3) is 4.33. The Kier molecular flexibility index (Phi) is 5.80. The van der Waals surface area contributed by atoms with Crippen LogP contribution in [0.4, 0.5) is 0 Å². The average molecular weight is 507 g/mol. The molecule has 1 amide bonds. The van der Waals surface area contributed by atoms with Crippen molar-refractivity contribution in [3.63, 3.8) is 0 Å². The number of aryl methyl sites for hydroxylation is 3. The molecular weight excluding hydrogens is 476 g/mol. The van der Waals surface area contributed by atoms with E-state index in [9.17, 15) is 14.7 Å². The number of H-pyrrole nitrogens is 1. The van der Waals surface area contributed by atoms with Crippen molar-refractivity contribution in [2.24, 2.45) is 7.05 Å². The number of nitrogens with zero attached hydrogens (tertiary/aromatic N) is 2. The number of amides is 1. The molecule has 188 valence electrons. The average Bonchev–Trinajstić information content (AvgIpc) is 3.38. The van der Waals surface area contributed by atoms with E-state index < -0.39 is 5.60 Å². The Morgan fingerprint density at radius 3 is 2.64 bits per heavy atom. The summed E-state index contributed by atoms with van der Waals surface area (Å²) in [6, 6.07) is 3.93. The molecule has 1 aliphatic carbocycles. The zero-order chi connectivity index (χ0) is 25.9. The minimum absolute atomic E-state index is 0.200. The standard InChI is InChI=1S/C27H30N4O4S/c1-13-9-14(2)25(28-11-13)35-21-15(3)23(27(4,5)34)36-22(21)18-12-31(6)26(33)20-17(18)10-19(30-20)24(32)29-16-7-8-16/h9-12,16,30,34H,7-8H2,1-6H3,(H,29,32). The number of aromatic amines is 1. The van der Waals surface area contributed by atoms with E-state index in [1.165, 1.54) is 15.9 Å². The predicted octanol–water partition coefficient (Wildman–Crippen LogP) is 4.83. The van der Waals surface area contributed by atoms with Gasteiger partial charge >= 0.3 is 0 Å². The molecule has 0 atom stereocenters. The molecular formula is C27H30N4O4S. The first-order valence-electron chi connectivity index (χ1n) is 11.9. The predicted molar refractivity (Wildman–Crippen MR) is 141 cm³/mol. The van der Waals surface area contributed by atoms with E-state index >= 15 is 0 Å². The van der Waals surface area contributed by atoms with Crippen molar-refractivity contribution in [2.45, 2.75) is 59.1 Å². The summed E-state index contributed by atoms with van der Waals surface area (Å²) in [7, 11) is 1.68. The third-order valence-electron chi connectivity index (χ3n) is 6.38. The van der Waals surface area contributed by atoms with Crippen LogP contribution < -0.4 is 15.6 Å². The van der Waals surface area contributed by atoms with Crippen LogP contribution in [0.15, 0.2) is 29.3 Å². The SMILES string of the molecule is Cc1cnc(Oc2c(-c3cn(C)c(=O)c4[nH]c(C(=O)NC5CC5)cc34)sc(C(C)(C)O)c2C)c(C)c1. The second kappa shape index (κ2) is 8.60. The Morgan fingerprint density at radius 1 is 1.28 bits per heavy atom. The molecule has 1 aliphatic rings. The van der Waals surface area contributed by atoms with E-state index in [1.807, 2.05) is 26.8 Å². The number of thiophene rings is 1. The van der Waals surface area contributed by atoms with Gasteiger partial charge in [0.1, 0.15) is 11.2 Å². The van der Waals surface area contributed by atoms with E-state index in [4.69, 9.17) is 4.74 Å². The van der Waals surface area contributed by atoms with Crippen LogP contribution in [-0.4, -0.2) is 31.6 Å². The summed E-state index contributed by atoms with van der Waals surface area (Å²) in [5.74, 6) is 0.823. The molecule has 0 bridgehead atoms. The van der Waals surface area contributed by atoms with Gasteiger partial charge in [0.25, 0.3) is 11.5 Å². The molecule has 5 rings (SSSR count). The number of pyridine rings is 2. The van der Waals surface area contributed by atoms with E-state index in [1.54, 1.807) is 39.4 Å². The van der Waals surface area contributed by atoms with Gasteiger partial charge in [-0.3, -0.25) is 9.59 Å². The minimum atomic E-state index is -1.10. The molecule has 36 heavy (non-hydrogen) atoms. The first kappa shape index (κ1) is 24.3. The van der Waals surface area contributed by atoms with Gasteiger partial charge in [-0.1, -0.05) is 0 Å². The Balaban J connectivity index is 1.72. The molecule has 9 heteroatoms. The number of carbonyl (C=O) groups is 1. The zero-order valence-corrected chi connectivity index (χ0v) is 22.1. The molecule has 0 radical (unpaired) electrons. The highest BCUT2D eigenvalue weighted by Gasteiger charge is 2.30. The highest BCUT2D eigenvalue weighted by Crippen LogP contribution is 2.49. The maximum Gasteiger partial charge on any atom is 0.274 e. The number of hydrogen-bond donors (Lipinski definition) is 3. The summed E-state index contributed by atoms with van der Waals surface area (Å²) in [4.78, 5) is 34.8. The molecule has 0 spiro atoms. The van der Waals surface area contributed by atoms with Crippen LogP contribution in [-0.2, 0) is 12.6 Å². The Morgan fingerprint density at radius 2 is 2.00 bits per heavy atom. The molecule has 3 N–H and O–H groups in total. The summed E-state index contributed by atoms with van der Waals surface area (Å²) in [6.45, 7) is 9.30. The monoisotopic (exact) mass is 506 g/mol. The quantitative estimate of drug-likeness (QED) is 0.347. The van der Waals surface area contributed by atoms with Gasteiger partial charge in [-0.25, -0.2) is 4.98 Å². The highest BCUT2D eigenvalue weighted by molar-refractivity contribution is 7.16. The van der Waals surface area contributed by atoms with Crippen molar-refractivity contribution in [1.82, 2.24) is 19.9 Å². The topological polar surface area (TPSA) is 109 Å².